The molecule has 0 bridgehead atoms. The minimum absolute atomic E-state index is 0.110. The van der Waals surface area contributed by atoms with Gasteiger partial charge in [-0.2, -0.15) is 0 Å². The van der Waals surface area contributed by atoms with Crippen LogP contribution in [0.5, 0.6) is 0 Å². The predicted octanol–water partition coefficient (Wildman–Crippen LogP) is 5.05. The maximum atomic E-state index is 14.1. The molecule has 7 nitrogen and oxygen atoms in total. The molecule has 174 valence electrons. The van der Waals surface area contributed by atoms with Gasteiger partial charge in [-0.3, -0.25) is 4.52 Å². The monoisotopic (exact) mass is 505 g/mol. The molecule has 0 radical (unpaired) electrons. The Hall–Kier alpha value is -3.82. The SMILES string of the molecule is Nc1c(/C([O-])=N/c2c[n+](C3CC3)no2)sc2nc(-c3ccc(Cl)cc3)cc(-c3cccc(F)c3)c12. The molecular weight excluding hydrogens is 489 g/mol. The van der Waals surface area contributed by atoms with Crippen molar-refractivity contribution in [2.45, 2.75) is 18.9 Å². The molecule has 1 aliphatic rings. The Labute approximate surface area is 207 Å². The molecule has 2 aromatic carbocycles. The number of benzene rings is 2. The Morgan fingerprint density at radius 1 is 1.17 bits per heavy atom. The number of anilines is 1. The molecule has 3 heterocycles. The molecule has 0 atom stereocenters. The summed E-state index contributed by atoms with van der Waals surface area (Å²) >= 11 is 7.18. The lowest BCUT2D eigenvalue weighted by molar-refractivity contribution is -0.765. The van der Waals surface area contributed by atoms with Crippen LogP contribution in [-0.4, -0.2) is 16.2 Å². The van der Waals surface area contributed by atoms with Crippen molar-refractivity contribution in [1.82, 2.24) is 10.3 Å². The van der Waals surface area contributed by atoms with Gasteiger partial charge in [-0.25, -0.2) is 14.4 Å². The Morgan fingerprint density at radius 2 is 1.97 bits per heavy atom. The van der Waals surface area contributed by atoms with E-state index in [1.165, 1.54) is 12.1 Å². The summed E-state index contributed by atoms with van der Waals surface area (Å²) in [6.07, 6.45) is 3.66. The van der Waals surface area contributed by atoms with E-state index in [0.29, 0.717) is 38.1 Å². The fourth-order valence-electron chi connectivity index (χ4n) is 3.89. The molecule has 0 saturated heterocycles. The fraction of sp³-hybridized carbons (Fsp3) is 0.120. The first-order valence-electron chi connectivity index (χ1n) is 10.9. The third-order valence-electron chi connectivity index (χ3n) is 5.77. The highest BCUT2D eigenvalue weighted by molar-refractivity contribution is 7.21. The van der Waals surface area contributed by atoms with E-state index in [-0.39, 0.29) is 22.3 Å². The average molecular weight is 506 g/mol. The highest BCUT2D eigenvalue weighted by Gasteiger charge is 2.35. The van der Waals surface area contributed by atoms with Crippen LogP contribution in [0.3, 0.4) is 0 Å². The topological polar surface area (TPSA) is 104 Å². The summed E-state index contributed by atoms with van der Waals surface area (Å²) in [6.45, 7) is 0. The smallest absolute Gasteiger partial charge is 0.320 e. The quantitative estimate of drug-likeness (QED) is 0.204. The molecule has 1 aliphatic carbocycles. The number of pyridine rings is 1. The van der Waals surface area contributed by atoms with Crippen molar-refractivity contribution < 1.29 is 18.7 Å². The number of aliphatic imine (C=N–C) groups is 1. The zero-order chi connectivity index (χ0) is 24.1. The molecule has 1 fully saturated rings. The Kier molecular flexibility index (Phi) is 5.23. The van der Waals surface area contributed by atoms with Crippen LogP contribution in [0.2, 0.25) is 5.02 Å². The van der Waals surface area contributed by atoms with Crippen LogP contribution in [0.4, 0.5) is 16.0 Å². The first-order chi connectivity index (χ1) is 17.0. The van der Waals surface area contributed by atoms with Crippen molar-refractivity contribution in [3.63, 3.8) is 0 Å². The molecule has 5 aromatic rings. The summed E-state index contributed by atoms with van der Waals surface area (Å²) in [5, 5.41) is 18.1. The summed E-state index contributed by atoms with van der Waals surface area (Å²) in [6, 6.07) is 15.6. The van der Waals surface area contributed by atoms with Crippen LogP contribution in [0.25, 0.3) is 32.6 Å². The Bertz CT molecular complexity index is 1610. The summed E-state index contributed by atoms with van der Waals surface area (Å²) in [7, 11) is 0. The Morgan fingerprint density at radius 3 is 2.71 bits per heavy atom. The van der Waals surface area contributed by atoms with Crippen LogP contribution in [0, 0.1) is 5.82 Å². The number of hydrogen-bond acceptors (Lipinski definition) is 7. The van der Waals surface area contributed by atoms with Gasteiger partial charge in [0.1, 0.15) is 10.6 Å². The molecule has 2 N–H and O–H groups in total. The lowest BCUT2D eigenvalue weighted by Gasteiger charge is -2.10. The molecule has 3 aromatic heterocycles. The molecule has 0 spiro atoms. The molecule has 6 rings (SSSR count). The van der Waals surface area contributed by atoms with Gasteiger partial charge in [0.2, 0.25) is 5.27 Å². The highest BCUT2D eigenvalue weighted by atomic mass is 35.5. The number of aromatic nitrogens is 3. The van der Waals surface area contributed by atoms with Crippen molar-refractivity contribution >= 4 is 50.6 Å². The van der Waals surface area contributed by atoms with Gasteiger partial charge < -0.3 is 10.8 Å². The van der Waals surface area contributed by atoms with Gasteiger partial charge >= 0.3 is 5.88 Å². The van der Waals surface area contributed by atoms with E-state index in [0.717, 1.165) is 29.7 Å². The van der Waals surface area contributed by atoms with E-state index < -0.39 is 5.90 Å². The predicted molar refractivity (Wildman–Crippen MR) is 131 cm³/mol. The van der Waals surface area contributed by atoms with Gasteiger partial charge in [0.25, 0.3) is 6.20 Å². The van der Waals surface area contributed by atoms with Crippen molar-refractivity contribution in [3.8, 4) is 22.4 Å². The second-order valence-corrected chi connectivity index (χ2v) is 9.70. The normalized spacial score (nSPS) is 14.1. The number of nitrogens with two attached hydrogens (primary N) is 1. The van der Waals surface area contributed by atoms with Crippen molar-refractivity contribution in [2.24, 2.45) is 4.99 Å². The second kappa shape index (κ2) is 8.44. The second-order valence-electron chi connectivity index (χ2n) is 8.27. The van der Waals surface area contributed by atoms with Crippen LogP contribution in [0.15, 0.2) is 70.3 Å². The summed E-state index contributed by atoms with van der Waals surface area (Å²) in [5.74, 6) is -0.823. The summed E-state index contributed by atoms with van der Waals surface area (Å²) < 4.78 is 21.0. The maximum absolute atomic E-state index is 14.1. The lowest BCUT2D eigenvalue weighted by Crippen LogP contribution is -2.32. The van der Waals surface area contributed by atoms with Gasteiger partial charge in [0, 0.05) is 34.7 Å². The standard InChI is InChI=1S/C25H17ClFN5O2S/c26-15-6-4-13(5-7-15)19-11-18(14-2-1-3-16(27)10-14)21-22(28)23(35-25(21)29-19)24(33)30-20-12-32(31-34-20)17-8-9-17/h1-7,10-12,17H,8-9H2,(H2-,28,30,31,33). The van der Waals surface area contributed by atoms with Crippen LogP contribution in [-0.2, 0) is 0 Å². The van der Waals surface area contributed by atoms with Crippen molar-refractivity contribution in [2.75, 3.05) is 5.73 Å². The number of thiophene rings is 1. The molecule has 1 saturated carbocycles. The number of rotatable bonds is 5. The summed E-state index contributed by atoms with van der Waals surface area (Å²) in [5.41, 5.74) is 9.46. The van der Waals surface area contributed by atoms with Crippen molar-refractivity contribution in [3.05, 3.63) is 76.5 Å². The molecule has 0 aliphatic heterocycles. The fourth-order valence-corrected chi connectivity index (χ4v) is 5.02. The number of halogens is 2. The first-order valence-corrected chi connectivity index (χ1v) is 12.0. The van der Waals surface area contributed by atoms with Crippen molar-refractivity contribution in [1.29, 1.82) is 0 Å². The minimum atomic E-state index is -0.553. The van der Waals surface area contributed by atoms with E-state index in [1.807, 2.05) is 18.2 Å². The molecule has 0 amide bonds. The van der Waals surface area contributed by atoms with Gasteiger partial charge in [-0.15, -0.1) is 11.3 Å². The van der Waals surface area contributed by atoms with E-state index in [1.54, 1.807) is 35.1 Å². The lowest BCUT2D eigenvalue weighted by atomic mass is 9.99. The van der Waals surface area contributed by atoms with Crippen LogP contribution < -0.4 is 15.5 Å². The number of hydrogen-bond donors (Lipinski definition) is 1. The average Bonchev–Trinajstić information content (AvgIpc) is 3.51. The molecule has 0 unspecified atom stereocenters. The van der Waals surface area contributed by atoms with Gasteiger partial charge in [-0.05, 0) is 46.1 Å². The molecule has 35 heavy (non-hydrogen) atoms. The molecule has 10 heteroatoms. The van der Waals surface area contributed by atoms with E-state index in [2.05, 4.69) is 10.3 Å². The van der Waals surface area contributed by atoms with E-state index >= 15 is 0 Å². The number of fused-ring (bicyclic) bond motifs is 1. The van der Waals surface area contributed by atoms with Crippen LogP contribution in [0.1, 0.15) is 23.8 Å². The number of nitrogens with zero attached hydrogens (tertiary/aromatic N) is 4. The summed E-state index contributed by atoms with van der Waals surface area (Å²) in [4.78, 5) is 9.59. The minimum Gasteiger partial charge on any atom is -0.857 e. The maximum Gasteiger partial charge on any atom is 0.320 e. The largest absolute Gasteiger partial charge is 0.857 e. The Balaban J connectivity index is 1.52. The van der Waals surface area contributed by atoms with E-state index in [9.17, 15) is 9.50 Å². The van der Waals surface area contributed by atoms with Gasteiger partial charge in [0.15, 0.2) is 6.04 Å². The van der Waals surface area contributed by atoms with Crippen LogP contribution >= 0.6 is 22.9 Å². The third-order valence-corrected chi connectivity index (χ3v) is 7.11. The number of nitrogen functional groups attached to an aromatic ring is 1. The molecular formula is C25H17ClFN5O2S. The van der Waals surface area contributed by atoms with E-state index in [4.69, 9.17) is 26.8 Å². The zero-order valence-corrected chi connectivity index (χ0v) is 19.7. The zero-order valence-electron chi connectivity index (χ0n) is 18.1. The van der Waals surface area contributed by atoms with Gasteiger partial charge in [-0.1, -0.05) is 35.9 Å². The highest BCUT2D eigenvalue weighted by Crippen LogP contribution is 2.41. The third kappa shape index (κ3) is 4.13. The van der Waals surface area contributed by atoms with Gasteiger partial charge in [0.05, 0.1) is 16.3 Å². The first kappa shape index (κ1) is 21.7.